The van der Waals surface area contributed by atoms with Gasteiger partial charge in [-0.25, -0.2) is 5.84 Å². The van der Waals surface area contributed by atoms with Crippen LogP contribution in [-0.4, -0.2) is 38.8 Å². The van der Waals surface area contributed by atoms with Gasteiger partial charge in [0.2, 0.25) is 0 Å². The van der Waals surface area contributed by atoms with Gasteiger partial charge in [0, 0.05) is 19.6 Å². The second kappa shape index (κ2) is 5.95. The van der Waals surface area contributed by atoms with Crippen LogP contribution in [0.5, 0.6) is 0 Å². The Balaban J connectivity index is 2.47. The second-order valence-electron chi connectivity index (χ2n) is 3.38. The van der Waals surface area contributed by atoms with Gasteiger partial charge in [-0.1, -0.05) is 0 Å². The fourth-order valence-electron chi connectivity index (χ4n) is 1.62. The first-order valence-electron chi connectivity index (χ1n) is 4.91. The lowest BCUT2D eigenvalue weighted by Crippen LogP contribution is -2.39. The molecule has 14 heavy (non-hydrogen) atoms. The van der Waals surface area contributed by atoms with E-state index in [1.54, 1.807) is 7.11 Å². The maximum atomic E-state index is 5.45. The van der Waals surface area contributed by atoms with Crippen molar-refractivity contribution in [2.75, 3.05) is 26.9 Å². The number of hydrogen-bond donors (Lipinski definition) is 2. The minimum atomic E-state index is 0.201. The first kappa shape index (κ1) is 11.4. The molecule has 0 saturated carbocycles. The highest BCUT2D eigenvalue weighted by Crippen LogP contribution is 2.20. The van der Waals surface area contributed by atoms with Gasteiger partial charge >= 0.3 is 0 Å². The minimum Gasteiger partial charge on any atom is -0.383 e. The summed E-state index contributed by atoms with van der Waals surface area (Å²) < 4.78 is 10.4. The van der Waals surface area contributed by atoms with E-state index in [4.69, 9.17) is 15.3 Å². The maximum Gasteiger partial charge on any atom is 0.116 e. The summed E-state index contributed by atoms with van der Waals surface area (Å²) in [5.74, 6) is 6.55. The molecule has 5 nitrogen and oxygen atoms in total. The molecule has 0 radical (unpaired) electrons. The van der Waals surface area contributed by atoms with Gasteiger partial charge < -0.3 is 14.9 Å². The second-order valence-corrected chi connectivity index (χ2v) is 3.38. The van der Waals surface area contributed by atoms with Gasteiger partial charge in [0.1, 0.15) is 5.84 Å². The Hall–Kier alpha value is -0.650. The summed E-state index contributed by atoms with van der Waals surface area (Å²) in [4.78, 5) is 4.34. The third-order valence-corrected chi connectivity index (χ3v) is 2.45. The summed E-state index contributed by atoms with van der Waals surface area (Å²) in [5.41, 5.74) is 2.65. The molecule has 0 spiro atoms. The molecule has 0 amide bonds. The SMILES string of the molecule is COCCN=C(NN)C1CCOC1C. The van der Waals surface area contributed by atoms with Gasteiger partial charge in [0.25, 0.3) is 0 Å². The van der Waals surface area contributed by atoms with Gasteiger partial charge in [0.15, 0.2) is 0 Å². The van der Waals surface area contributed by atoms with Crippen LogP contribution in [0.3, 0.4) is 0 Å². The first-order valence-corrected chi connectivity index (χ1v) is 4.91. The molecule has 1 heterocycles. The smallest absolute Gasteiger partial charge is 0.116 e. The lowest BCUT2D eigenvalue weighted by molar-refractivity contribution is 0.116. The zero-order valence-corrected chi connectivity index (χ0v) is 8.82. The molecule has 0 bridgehead atoms. The largest absolute Gasteiger partial charge is 0.383 e. The lowest BCUT2D eigenvalue weighted by Gasteiger charge is -2.16. The number of rotatable bonds is 4. The quantitative estimate of drug-likeness (QED) is 0.219. The van der Waals surface area contributed by atoms with E-state index in [2.05, 4.69) is 10.4 Å². The molecule has 0 aromatic heterocycles. The number of ether oxygens (including phenoxy) is 2. The highest BCUT2D eigenvalue weighted by molar-refractivity contribution is 5.84. The third kappa shape index (κ3) is 2.94. The van der Waals surface area contributed by atoms with Gasteiger partial charge in [-0.3, -0.25) is 4.99 Å². The maximum absolute atomic E-state index is 5.45. The van der Waals surface area contributed by atoms with E-state index in [0.717, 1.165) is 18.9 Å². The topological polar surface area (TPSA) is 68.9 Å². The molecule has 5 heteroatoms. The van der Waals surface area contributed by atoms with Crippen LogP contribution in [-0.2, 0) is 9.47 Å². The summed E-state index contributed by atoms with van der Waals surface area (Å²) >= 11 is 0. The number of nitrogens with zero attached hydrogens (tertiary/aromatic N) is 1. The number of nitrogens with two attached hydrogens (primary N) is 1. The molecule has 1 fully saturated rings. The van der Waals surface area contributed by atoms with Crippen molar-refractivity contribution in [3.05, 3.63) is 0 Å². The normalized spacial score (nSPS) is 28.1. The molecule has 0 aromatic carbocycles. The summed E-state index contributed by atoms with van der Waals surface area (Å²) in [7, 11) is 1.66. The molecule has 2 unspecified atom stereocenters. The Morgan fingerprint density at radius 1 is 1.71 bits per heavy atom. The Bertz CT molecular complexity index is 196. The van der Waals surface area contributed by atoms with Crippen molar-refractivity contribution in [2.24, 2.45) is 16.8 Å². The van der Waals surface area contributed by atoms with Crippen molar-refractivity contribution >= 4 is 5.84 Å². The first-order chi connectivity index (χ1) is 6.79. The number of hydrogen-bond acceptors (Lipinski definition) is 4. The molecule has 82 valence electrons. The molecule has 2 atom stereocenters. The van der Waals surface area contributed by atoms with Gasteiger partial charge in [0.05, 0.1) is 19.3 Å². The van der Waals surface area contributed by atoms with Gasteiger partial charge in [-0.15, -0.1) is 0 Å². The Morgan fingerprint density at radius 2 is 2.50 bits per heavy atom. The monoisotopic (exact) mass is 201 g/mol. The molecular weight excluding hydrogens is 182 g/mol. The van der Waals surface area contributed by atoms with Crippen LogP contribution >= 0.6 is 0 Å². The van der Waals surface area contributed by atoms with Crippen molar-refractivity contribution in [3.63, 3.8) is 0 Å². The molecule has 3 N–H and O–H groups in total. The molecule has 1 saturated heterocycles. The zero-order valence-electron chi connectivity index (χ0n) is 8.82. The Labute approximate surface area is 84.6 Å². The number of aliphatic imine (C=N–C) groups is 1. The minimum absolute atomic E-state index is 0.201. The number of amidine groups is 1. The van der Waals surface area contributed by atoms with Crippen LogP contribution in [0.2, 0.25) is 0 Å². The van der Waals surface area contributed by atoms with E-state index < -0.39 is 0 Å². The van der Waals surface area contributed by atoms with Gasteiger partial charge in [-0.05, 0) is 13.3 Å². The zero-order chi connectivity index (χ0) is 10.4. The molecule has 1 rings (SSSR count). The van der Waals surface area contributed by atoms with E-state index in [1.165, 1.54) is 0 Å². The van der Waals surface area contributed by atoms with Crippen molar-refractivity contribution in [1.29, 1.82) is 0 Å². The van der Waals surface area contributed by atoms with E-state index in [0.29, 0.717) is 19.1 Å². The van der Waals surface area contributed by atoms with Crippen molar-refractivity contribution < 1.29 is 9.47 Å². The number of nitrogens with one attached hydrogen (secondary N) is 1. The molecular formula is C9H19N3O2. The summed E-state index contributed by atoms with van der Waals surface area (Å²) in [5, 5.41) is 0. The van der Waals surface area contributed by atoms with E-state index >= 15 is 0 Å². The Kier molecular flexibility index (Phi) is 4.86. The van der Waals surface area contributed by atoms with Crippen LogP contribution in [0.4, 0.5) is 0 Å². The Morgan fingerprint density at radius 3 is 3.00 bits per heavy atom. The standard InChI is InChI=1S/C9H19N3O2/c1-7-8(3-5-14-7)9(12-10)11-4-6-13-2/h7-8H,3-6,10H2,1-2H3,(H,11,12). The van der Waals surface area contributed by atoms with Crippen LogP contribution < -0.4 is 11.3 Å². The van der Waals surface area contributed by atoms with Crippen LogP contribution in [0.15, 0.2) is 4.99 Å². The van der Waals surface area contributed by atoms with Crippen LogP contribution in [0.1, 0.15) is 13.3 Å². The molecule has 1 aliphatic heterocycles. The lowest BCUT2D eigenvalue weighted by atomic mass is 10.0. The predicted molar refractivity (Wildman–Crippen MR) is 55.0 cm³/mol. The average molecular weight is 201 g/mol. The fourth-order valence-corrected chi connectivity index (χ4v) is 1.62. The number of hydrazine groups is 1. The molecule has 1 aliphatic rings. The van der Waals surface area contributed by atoms with E-state index in [1.807, 2.05) is 6.92 Å². The summed E-state index contributed by atoms with van der Waals surface area (Å²) in [6.07, 6.45) is 1.18. The summed E-state index contributed by atoms with van der Waals surface area (Å²) in [6.45, 7) is 4.09. The van der Waals surface area contributed by atoms with Crippen molar-refractivity contribution in [1.82, 2.24) is 5.43 Å². The number of methoxy groups -OCH3 is 1. The van der Waals surface area contributed by atoms with Crippen molar-refractivity contribution in [3.8, 4) is 0 Å². The van der Waals surface area contributed by atoms with Gasteiger partial charge in [-0.2, -0.15) is 0 Å². The molecule has 0 aliphatic carbocycles. The highest BCUT2D eigenvalue weighted by Gasteiger charge is 2.28. The van der Waals surface area contributed by atoms with Crippen LogP contribution in [0.25, 0.3) is 0 Å². The average Bonchev–Trinajstić information content (AvgIpc) is 2.60. The van der Waals surface area contributed by atoms with E-state index in [-0.39, 0.29) is 6.10 Å². The molecule has 0 aromatic rings. The van der Waals surface area contributed by atoms with Crippen molar-refractivity contribution in [2.45, 2.75) is 19.4 Å². The summed E-state index contributed by atoms with van der Waals surface area (Å²) in [6, 6.07) is 0. The third-order valence-electron chi connectivity index (χ3n) is 2.45. The highest BCUT2D eigenvalue weighted by atomic mass is 16.5. The van der Waals surface area contributed by atoms with Crippen LogP contribution in [0, 0.1) is 5.92 Å². The predicted octanol–water partition coefficient (Wildman–Crippen LogP) is -0.0804. The van der Waals surface area contributed by atoms with E-state index in [9.17, 15) is 0 Å². The fraction of sp³-hybridized carbons (Fsp3) is 0.889.